The Bertz CT molecular complexity index is 761. The number of amides is 1. The SMILES string of the molecule is CC(C)(C)CNC(=O)c1ccc2c(c1)OCC2(C)Cc1ccccc1. The first-order valence-corrected chi connectivity index (χ1v) is 8.86. The summed E-state index contributed by atoms with van der Waals surface area (Å²) in [4.78, 5) is 12.4. The summed E-state index contributed by atoms with van der Waals surface area (Å²) in [5.41, 5.74) is 3.15. The highest BCUT2D eigenvalue weighted by Gasteiger charge is 2.36. The molecule has 2 aromatic carbocycles. The standard InChI is InChI=1S/C22H27NO2/c1-21(2,3)14-23-20(24)17-10-11-18-19(12-17)25-15-22(18,4)13-16-8-6-5-7-9-16/h5-12H,13-15H2,1-4H3,(H,23,24). The molecule has 2 aromatic rings. The van der Waals surface area contributed by atoms with Crippen LogP contribution in [0, 0.1) is 5.41 Å². The van der Waals surface area contributed by atoms with E-state index in [4.69, 9.17) is 4.74 Å². The molecular weight excluding hydrogens is 310 g/mol. The van der Waals surface area contributed by atoms with Crippen molar-refractivity contribution in [3.8, 4) is 5.75 Å². The average molecular weight is 337 g/mol. The molecule has 0 fully saturated rings. The number of rotatable bonds is 4. The van der Waals surface area contributed by atoms with Gasteiger partial charge in [0, 0.05) is 23.1 Å². The highest BCUT2D eigenvalue weighted by Crippen LogP contribution is 2.41. The molecule has 25 heavy (non-hydrogen) atoms. The Balaban J connectivity index is 1.77. The first-order chi connectivity index (χ1) is 11.8. The fourth-order valence-corrected chi connectivity index (χ4v) is 3.24. The van der Waals surface area contributed by atoms with E-state index in [-0.39, 0.29) is 16.7 Å². The van der Waals surface area contributed by atoms with Crippen molar-refractivity contribution in [3.63, 3.8) is 0 Å². The quantitative estimate of drug-likeness (QED) is 0.900. The number of hydrogen-bond acceptors (Lipinski definition) is 2. The van der Waals surface area contributed by atoms with Gasteiger partial charge in [-0.05, 0) is 29.5 Å². The maximum atomic E-state index is 12.4. The number of carbonyl (C=O) groups is 1. The van der Waals surface area contributed by atoms with Gasteiger partial charge in [0.15, 0.2) is 0 Å². The van der Waals surface area contributed by atoms with Gasteiger partial charge in [0.25, 0.3) is 5.91 Å². The summed E-state index contributed by atoms with van der Waals surface area (Å²) in [6.07, 6.45) is 0.927. The Morgan fingerprint density at radius 2 is 1.88 bits per heavy atom. The van der Waals surface area contributed by atoms with Gasteiger partial charge in [-0.2, -0.15) is 0 Å². The van der Waals surface area contributed by atoms with Crippen LogP contribution in [-0.2, 0) is 11.8 Å². The maximum Gasteiger partial charge on any atom is 0.251 e. The van der Waals surface area contributed by atoms with E-state index >= 15 is 0 Å². The minimum atomic E-state index is -0.0584. The molecule has 3 rings (SSSR count). The lowest BCUT2D eigenvalue weighted by Crippen LogP contribution is -2.32. The second-order valence-corrected chi connectivity index (χ2v) is 8.47. The van der Waals surface area contributed by atoms with Gasteiger partial charge in [-0.25, -0.2) is 0 Å². The predicted octanol–water partition coefficient (Wildman–Crippen LogP) is 4.36. The van der Waals surface area contributed by atoms with Crippen molar-refractivity contribution >= 4 is 5.91 Å². The third-order valence-electron chi connectivity index (χ3n) is 4.66. The second-order valence-electron chi connectivity index (χ2n) is 8.47. The molecule has 0 saturated heterocycles. The van der Waals surface area contributed by atoms with Crippen molar-refractivity contribution in [1.29, 1.82) is 0 Å². The molecule has 3 nitrogen and oxygen atoms in total. The van der Waals surface area contributed by atoms with E-state index in [2.05, 4.69) is 63.3 Å². The van der Waals surface area contributed by atoms with Gasteiger partial charge >= 0.3 is 0 Å². The Labute approximate surface area is 150 Å². The number of fused-ring (bicyclic) bond motifs is 1. The van der Waals surface area contributed by atoms with Crippen molar-refractivity contribution in [3.05, 3.63) is 65.2 Å². The van der Waals surface area contributed by atoms with Crippen molar-refractivity contribution in [2.24, 2.45) is 5.41 Å². The topological polar surface area (TPSA) is 38.3 Å². The number of hydrogen-bond donors (Lipinski definition) is 1. The number of ether oxygens (including phenoxy) is 1. The highest BCUT2D eigenvalue weighted by molar-refractivity contribution is 5.94. The van der Waals surface area contributed by atoms with Crippen LogP contribution in [0.15, 0.2) is 48.5 Å². The zero-order valence-corrected chi connectivity index (χ0v) is 15.6. The van der Waals surface area contributed by atoms with E-state index in [1.54, 1.807) is 0 Å². The molecule has 132 valence electrons. The maximum absolute atomic E-state index is 12.4. The fourth-order valence-electron chi connectivity index (χ4n) is 3.24. The summed E-state index contributed by atoms with van der Waals surface area (Å²) < 4.78 is 5.94. The predicted molar refractivity (Wildman–Crippen MR) is 101 cm³/mol. The van der Waals surface area contributed by atoms with E-state index in [9.17, 15) is 4.79 Å². The first-order valence-electron chi connectivity index (χ1n) is 8.86. The minimum absolute atomic E-state index is 0.0435. The molecule has 0 aliphatic carbocycles. The molecule has 1 N–H and O–H groups in total. The number of nitrogens with one attached hydrogen (secondary N) is 1. The summed E-state index contributed by atoms with van der Waals surface area (Å²) in [7, 11) is 0. The molecule has 0 radical (unpaired) electrons. The molecule has 0 spiro atoms. The van der Waals surface area contributed by atoms with Gasteiger partial charge in [0.05, 0.1) is 6.61 Å². The van der Waals surface area contributed by atoms with E-state index in [0.29, 0.717) is 18.7 Å². The summed E-state index contributed by atoms with van der Waals surface area (Å²) >= 11 is 0. The molecule has 1 aliphatic heterocycles. The fraction of sp³-hybridized carbons (Fsp3) is 0.409. The number of carbonyl (C=O) groups excluding carboxylic acids is 1. The van der Waals surface area contributed by atoms with Crippen LogP contribution in [0.1, 0.15) is 49.2 Å². The Hall–Kier alpha value is -2.29. The molecule has 0 bridgehead atoms. The van der Waals surface area contributed by atoms with Crippen LogP contribution in [0.25, 0.3) is 0 Å². The van der Waals surface area contributed by atoms with Crippen molar-refractivity contribution in [2.45, 2.75) is 39.5 Å². The smallest absolute Gasteiger partial charge is 0.251 e. The largest absolute Gasteiger partial charge is 0.492 e. The molecule has 0 aromatic heterocycles. The third-order valence-corrected chi connectivity index (χ3v) is 4.66. The van der Waals surface area contributed by atoms with Crippen molar-refractivity contribution in [2.75, 3.05) is 13.2 Å². The van der Waals surface area contributed by atoms with Crippen LogP contribution in [-0.4, -0.2) is 19.1 Å². The Kier molecular flexibility index (Phi) is 4.59. The number of benzene rings is 2. The molecule has 0 saturated carbocycles. The van der Waals surface area contributed by atoms with Gasteiger partial charge < -0.3 is 10.1 Å². The van der Waals surface area contributed by atoms with E-state index < -0.39 is 0 Å². The molecule has 1 unspecified atom stereocenters. The lowest BCUT2D eigenvalue weighted by atomic mass is 9.79. The Morgan fingerprint density at radius 3 is 2.56 bits per heavy atom. The van der Waals surface area contributed by atoms with Gasteiger partial charge in [0.2, 0.25) is 0 Å². The molecule has 1 aliphatic rings. The van der Waals surface area contributed by atoms with E-state index in [1.807, 2.05) is 18.2 Å². The monoisotopic (exact) mass is 337 g/mol. The van der Waals surface area contributed by atoms with Crippen LogP contribution in [0.2, 0.25) is 0 Å². The van der Waals surface area contributed by atoms with Gasteiger partial charge in [-0.3, -0.25) is 4.79 Å². The highest BCUT2D eigenvalue weighted by atomic mass is 16.5. The van der Waals surface area contributed by atoms with Crippen LogP contribution in [0.3, 0.4) is 0 Å². The zero-order valence-electron chi connectivity index (χ0n) is 15.6. The summed E-state index contributed by atoms with van der Waals surface area (Å²) in [6.45, 7) is 9.83. The van der Waals surface area contributed by atoms with E-state index in [1.165, 1.54) is 11.1 Å². The summed E-state index contributed by atoms with van der Waals surface area (Å²) in [6, 6.07) is 16.3. The summed E-state index contributed by atoms with van der Waals surface area (Å²) in [5, 5.41) is 3.00. The van der Waals surface area contributed by atoms with Gasteiger partial charge in [-0.15, -0.1) is 0 Å². The van der Waals surface area contributed by atoms with Gasteiger partial charge in [0.1, 0.15) is 5.75 Å². The average Bonchev–Trinajstić information content (AvgIpc) is 2.89. The Morgan fingerprint density at radius 1 is 1.16 bits per heavy atom. The molecule has 1 atom stereocenters. The van der Waals surface area contributed by atoms with Crippen LogP contribution >= 0.6 is 0 Å². The zero-order chi connectivity index (χ0) is 18.1. The normalized spacial score (nSPS) is 19.2. The molecule has 1 amide bonds. The third kappa shape index (κ3) is 4.04. The van der Waals surface area contributed by atoms with Crippen LogP contribution < -0.4 is 10.1 Å². The lowest BCUT2D eigenvalue weighted by molar-refractivity contribution is 0.0939. The van der Waals surface area contributed by atoms with Crippen molar-refractivity contribution < 1.29 is 9.53 Å². The van der Waals surface area contributed by atoms with Gasteiger partial charge in [-0.1, -0.05) is 64.1 Å². The van der Waals surface area contributed by atoms with Crippen molar-refractivity contribution in [1.82, 2.24) is 5.32 Å². The second kappa shape index (κ2) is 6.55. The van der Waals surface area contributed by atoms with E-state index in [0.717, 1.165) is 12.2 Å². The molecular formula is C22H27NO2. The minimum Gasteiger partial charge on any atom is -0.492 e. The molecule has 1 heterocycles. The summed E-state index contributed by atoms with van der Waals surface area (Å²) in [5.74, 6) is 0.792. The van der Waals surface area contributed by atoms with Crippen LogP contribution in [0.5, 0.6) is 5.75 Å². The first kappa shape index (κ1) is 17.5. The lowest BCUT2D eigenvalue weighted by Gasteiger charge is -2.23. The molecule has 3 heteroatoms. The van der Waals surface area contributed by atoms with Crippen LogP contribution in [0.4, 0.5) is 0 Å².